The number of thiophene rings is 1. The first-order valence-corrected chi connectivity index (χ1v) is 11.0. The van der Waals surface area contributed by atoms with Crippen LogP contribution in [0.1, 0.15) is 18.9 Å². The zero-order chi connectivity index (χ0) is 19.3. The van der Waals surface area contributed by atoms with Crippen molar-refractivity contribution in [1.82, 2.24) is 19.6 Å². The molecule has 0 aliphatic carbocycles. The summed E-state index contributed by atoms with van der Waals surface area (Å²) in [5.74, 6) is 2.36. The lowest BCUT2D eigenvalue weighted by Gasteiger charge is -2.08. The smallest absolute Gasteiger partial charge is 0.266 e. The van der Waals surface area contributed by atoms with Gasteiger partial charge in [0.05, 0.1) is 11.5 Å². The van der Waals surface area contributed by atoms with Gasteiger partial charge in [0, 0.05) is 11.8 Å². The van der Waals surface area contributed by atoms with Crippen LogP contribution in [-0.2, 0) is 6.42 Å². The van der Waals surface area contributed by atoms with Crippen molar-refractivity contribution in [1.29, 1.82) is 0 Å². The van der Waals surface area contributed by atoms with E-state index in [0.29, 0.717) is 18.1 Å². The Kier molecular flexibility index (Phi) is 5.78. The maximum absolute atomic E-state index is 11.7. The van der Waals surface area contributed by atoms with Gasteiger partial charge in [-0.2, -0.15) is 0 Å². The van der Waals surface area contributed by atoms with Crippen molar-refractivity contribution in [3.05, 3.63) is 63.8 Å². The minimum atomic E-state index is -0.182. The second-order valence-electron chi connectivity index (χ2n) is 6.17. The molecule has 0 fully saturated rings. The Balaban J connectivity index is 1.40. The quantitative estimate of drug-likeness (QED) is 0.346. The molecule has 3 heterocycles. The first-order valence-electron chi connectivity index (χ1n) is 9.11. The summed E-state index contributed by atoms with van der Waals surface area (Å²) in [6.45, 7) is 2.77. The third-order valence-electron chi connectivity index (χ3n) is 4.19. The molecule has 0 radical (unpaired) electrons. The molecule has 6 nitrogen and oxygen atoms in total. The number of nitrogens with zero attached hydrogens (tertiary/aromatic N) is 3. The van der Waals surface area contributed by atoms with Gasteiger partial charge in [-0.25, -0.2) is 14.5 Å². The van der Waals surface area contributed by atoms with Gasteiger partial charge in [0.2, 0.25) is 0 Å². The van der Waals surface area contributed by atoms with Gasteiger partial charge in [-0.1, -0.05) is 36.9 Å². The summed E-state index contributed by atoms with van der Waals surface area (Å²) < 4.78 is 7.46. The molecule has 1 N–H and O–H groups in total. The van der Waals surface area contributed by atoms with Crippen LogP contribution in [0, 0.1) is 0 Å². The van der Waals surface area contributed by atoms with E-state index in [9.17, 15) is 4.79 Å². The fourth-order valence-corrected chi connectivity index (χ4v) is 4.25. The van der Waals surface area contributed by atoms with Gasteiger partial charge in [-0.15, -0.1) is 11.3 Å². The summed E-state index contributed by atoms with van der Waals surface area (Å²) in [6, 6.07) is 13.6. The highest BCUT2D eigenvalue weighted by Crippen LogP contribution is 2.25. The van der Waals surface area contributed by atoms with E-state index in [1.54, 1.807) is 27.6 Å². The van der Waals surface area contributed by atoms with E-state index < -0.39 is 0 Å². The number of rotatable bonds is 8. The van der Waals surface area contributed by atoms with Crippen molar-refractivity contribution < 1.29 is 4.74 Å². The molecule has 0 atom stereocenters. The van der Waals surface area contributed by atoms with Gasteiger partial charge in [0.15, 0.2) is 16.6 Å². The number of H-pyrrole nitrogens is 1. The van der Waals surface area contributed by atoms with E-state index >= 15 is 0 Å². The van der Waals surface area contributed by atoms with E-state index in [2.05, 4.69) is 34.1 Å². The van der Waals surface area contributed by atoms with Gasteiger partial charge < -0.3 is 4.74 Å². The van der Waals surface area contributed by atoms with Crippen molar-refractivity contribution in [2.45, 2.75) is 24.9 Å². The van der Waals surface area contributed by atoms with Crippen molar-refractivity contribution in [2.75, 3.05) is 12.4 Å². The summed E-state index contributed by atoms with van der Waals surface area (Å²) in [5.41, 5.74) is 1.70. The Morgan fingerprint density at radius 3 is 2.82 bits per heavy atom. The molecule has 0 amide bonds. The monoisotopic (exact) mass is 412 g/mol. The van der Waals surface area contributed by atoms with Crippen molar-refractivity contribution >= 4 is 28.7 Å². The standard InChI is InChI=1S/C20H20N4O2S2/c1-2-14-6-8-15(9-7-14)26-10-4-12-28-20-22-19(16-5-3-11-27-16)21-17-13-18(25)23-24(17)20/h3,5-9,11,13H,2,4,10,12H2,1H3,(H,23,25). The maximum Gasteiger partial charge on any atom is 0.266 e. The Bertz CT molecular complexity index is 1100. The Hall–Kier alpha value is -2.58. The van der Waals surface area contributed by atoms with Crippen molar-refractivity contribution in [2.24, 2.45) is 0 Å². The molecule has 1 aromatic carbocycles. The number of hydrogen-bond donors (Lipinski definition) is 1. The second-order valence-corrected chi connectivity index (χ2v) is 8.18. The maximum atomic E-state index is 11.7. The van der Waals surface area contributed by atoms with E-state index in [0.717, 1.165) is 34.4 Å². The lowest BCUT2D eigenvalue weighted by molar-refractivity contribution is 0.318. The fraction of sp³-hybridized carbons (Fsp3) is 0.250. The molecule has 0 saturated heterocycles. The normalized spacial score (nSPS) is 11.2. The summed E-state index contributed by atoms with van der Waals surface area (Å²) in [5, 5.41) is 5.48. The summed E-state index contributed by atoms with van der Waals surface area (Å²) in [4.78, 5) is 21.9. The average molecular weight is 413 g/mol. The third kappa shape index (κ3) is 4.28. The summed E-state index contributed by atoms with van der Waals surface area (Å²) in [6.07, 6.45) is 1.89. The van der Waals surface area contributed by atoms with Crippen LogP contribution in [0.2, 0.25) is 0 Å². The first kappa shape index (κ1) is 18.8. The number of aryl methyl sites for hydroxylation is 1. The highest BCUT2D eigenvalue weighted by Gasteiger charge is 2.12. The molecule has 28 heavy (non-hydrogen) atoms. The van der Waals surface area contributed by atoms with Gasteiger partial charge in [0.1, 0.15) is 5.75 Å². The summed E-state index contributed by atoms with van der Waals surface area (Å²) in [7, 11) is 0. The Labute approximate surface area is 170 Å². The minimum Gasteiger partial charge on any atom is -0.494 e. The van der Waals surface area contributed by atoms with E-state index in [1.165, 1.54) is 11.6 Å². The first-order chi connectivity index (χ1) is 13.7. The van der Waals surface area contributed by atoms with Crippen LogP contribution < -0.4 is 10.3 Å². The van der Waals surface area contributed by atoms with Gasteiger partial charge >= 0.3 is 0 Å². The lowest BCUT2D eigenvalue weighted by atomic mass is 10.2. The number of thioether (sulfide) groups is 1. The molecule has 0 spiro atoms. The predicted molar refractivity (Wildman–Crippen MR) is 114 cm³/mol. The zero-order valence-electron chi connectivity index (χ0n) is 15.4. The number of ether oxygens (including phenoxy) is 1. The lowest BCUT2D eigenvalue weighted by Crippen LogP contribution is -2.05. The number of aromatic nitrogens is 4. The molecular formula is C20H20N4O2S2. The molecule has 8 heteroatoms. The van der Waals surface area contributed by atoms with Gasteiger partial charge in [0.25, 0.3) is 5.56 Å². The Morgan fingerprint density at radius 1 is 1.21 bits per heavy atom. The van der Waals surface area contributed by atoms with E-state index in [-0.39, 0.29) is 5.56 Å². The number of fused-ring (bicyclic) bond motifs is 1. The number of nitrogens with one attached hydrogen (secondary N) is 1. The Morgan fingerprint density at radius 2 is 2.07 bits per heavy atom. The predicted octanol–water partition coefficient (Wildman–Crippen LogP) is 4.27. The van der Waals surface area contributed by atoms with E-state index in [1.807, 2.05) is 29.6 Å². The van der Waals surface area contributed by atoms with Crippen LogP contribution in [0.15, 0.2) is 57.8 Å². The van der Waals surface area contributed by atoms with Crippen LogP contribution in [0.3, 0.4) is 0 Å². The zero-order valence-corrected chi connectivity index (χ0v) is 17.1. The van der Waals surface area contributed by atoms with Crippen LogP contribution in [0.4, 0.5) is 0 Å². The number of benzene rings is 1. The molecule has 0 aliphatic heterocycles. The molecule has 4 aromatic rings. The van der Waals surface area contributed by atoms with Crippen LogP contribution in [0.25, 0.3) is 16.3 Å². The molecule has 0 aliphatic rings. The molecular weight excluding hydrogens is 392 g/mol. The highest BCUT2D eigenvalue weighted by molar-refractivity contribution is 7.99. The number of aromatic amines is 1. The molecule has 3 aromatic heterocycles. The third-order valence-corrected chi connectivity index (χ3v) is 6.08. The number of hydrogen-bond acceptors (Lipinski definition) is 6. The van der Waals surface area contributed by atoms with Crippen LogP contribution in [-0.4, -0.2) is 31.9 Å². The van der Waals surface area contributed by atoms with Crippen LogP contribution in [0.5, 0.6) is 5.75 Å². The van der Waals surface area contributed by atoms with Crippen LogP contribution >= 0.6 is 23.1 Å². The van der Waals surface area contributed by atoms with Gasteiger partial charge in [-0.3, -0.25) is 9.89 Å². The van der Waals surface area contributed by atoms with Gasteiger partial charge in [-0.05, 0) is 42.0 Å². The van der Waals surface area contributed by atoms with E-state index in [4.69, 9.17) is 4.74 Å². The highest BCUT2D eigenvalue weighted by atomic mass is 32.2. The molecule has 144 valence electrons. The minimum absolute atomic E-state index is 0.182. The molecule has 0 bridgehead atoms. The molecule has 4 rings (SSSR count). The fourth-order valence-electron chi connectivity index (χ4n) is 2.73. The SMILES string of the molecule is CCc1ccc(OCCCSc2nc(-c3cccs3)nc3cc(=O)[nH]n23)cc1. The van der Waals surface area contributed by atoms with Crippen molar-refractivity contribution in [3.63, 3.8) is 0 Å². The topological polar surface area (TPSA) is 72.3 Å². The second kappa shape index (κ2) is 8.62. The average Bonchev–Trinajstić information content (AvgIpc) is 3.37. The molecule has 0 unspecified atom stereocenters. The summed E-state index contributed by atoms with van der Waals surface area (Å²) >= 11 is 3.16. The largest absolute Gasteiger partial charge is 0.494 e. The van der Waals surface area contributed by atoms with Crippen molar-refractivity contribution in [3.8, 4) is 16.5 Å². The molecule has 0 saturated carbocycles.